The molecular weight excluding hydrogens is 649 g/mol. The van der Waals surface area contributed by atoms with Crippen LogP contribution in [0.25, 0.3) is 76.7 Å². The SMILES string of the molecule is c1ccc(-c2sc(-c3ccccc3)c3c2-c2ccccc2C32c3ccccc3-c3c(-c4nc(-c5ccccc5)c5ccccc5n4)cccc32)cc1. The number of nitrogens with zero attached hydrogens (tertiary/aromatic N) is 2. The van der Waals surface area contributed by atoms with Gasteiger partial charge in [-0.3, -0.25) is 0 Å². The highest BCUT2D eigenvalue weighted by Gasteiger charge is 2.55. The molecule has 52 heavy (non-hydrogen) atoms. The molecule has 242 valence electrons. The molecule has 2 aromatic heterocycles. The highest BCUT2D eigenvalue weighted by Crippen LogP contribution is 2.68. The van der Waals surface area contributed by atoms with Crippen molar-refractivity contribution in [2.75, 3.05) is 0 Å². The van der Waals surface area contributed by atoms with E-state index in [9.17, 15) is 0 Å². The molecule has 2 aliphatic rings. The standard InChI is InChI=1S/C49H30N2S/c1-4-17-31(18-5-1)45-36-25-12-15-30-41(36)50-48(51-45)37-26-16-29-40-42(37)34-23-10-13-27-38(34)49(40)39-28-14-11-24-35(39)43-44(49)47(33-21-8-3-9-22-33)52-46(43)32-19-6-2-7-20-32/h1-30H. The highest BCUT2D eigenvalue weighted by atomic mass is 32.1. The topological polar surface area (TPSA) is 25.8 Å². The summed E-state index contributed by atoms with van der Waals surface area (Å²) < 4.78 is 0. The minimum atomic E-state index is -0.526. The molecule has 0 bridgehead atoms. The predicted octanol–water partition coefficient (Wildman–Crippen LogP) is 12.7. The van der Waals surface area contributed by atoms with Crippen LogP contribution in [0.15, 0.2) is 182 Å². The Labute approximate surface area is 306 Å². The van der Waals surface area contributed by atoms with E-state index in [0.29, 0.717) is 0 Å². The third-order valence-electron chi connectivity index (χ3n) is 10.9. The average molecular weight is 679 g/mol. The summed E-state index contributed by atoms with van der Waals surface area (Å²) in [6, 6.07) is 65.7. The van der Waals surface area contributed by atoms with Gasteiger partial charge in [-0.05, 0) is 56.1 Å². The molecule has 1 unspecified atom stereocenters. The van der Waals surface area contributed by atoms with Crippen molar-refractivity contribution in [3.05, 3.63) is 204 Å². The summed E-state index contributed by atoms with van der Waals surface area (Å²) in [4.78, 5) is 13.3. The van der Waals surface area contributed by atoms with Crippen molar-refractivity contribution >= 4 is 22.2 Å². The molecule has 7 aromatic carbocycles. The van der Waals surface area contributed by atoms with Crippen molar-refractivity contribution in [2.24, 2.45) is 0 Å². The Balaban J connectivity index is 1.27. The number of benzene rings is 7. The monoisotopic (exact) mass is 678 g/mol. The Morgan fingerprint density at radius 1 is 0.385 bits per heavy atom. The largest absolute Gasteiger partial charge is 0.228 e. The second-order valence-electron chi connectivity index (χ2n) is 13.6. The first-order valence-corrected chi connectivity index (χ1v) is 18.6. The van der Waals surface area contributed by atoms with Crippen LogP contribution in [0.2, 0.25) is 0 Å². The van der Waals surface area contributed by atoms with E-state index in [1.54, 1.807) is 0 Å². The summed E-state index contributed by atoms with van der Waals surface area (Å²) in [6.07, 6.45) is 0. The first kappa shape index (κ1) is 29.3. The van der Waals surface area contributed by atoms with Crippen molar-refractivity contribution in [1.82, 2.24) is 9.97 Å². The maximum Gasteiger partial charge on any atom is 0.161 e. The van der Waals surface area contributed by atoms with Gasteiger partial charge >= 0.3 is 0 Å². The van der Waals surface area contributed by atoms with Crippen molar-refractivity contribution in [3.63, 3.8) is 0 Å². The fourth-order valence-electron chi connectivity index (χ4n) is 8.88. The van der Waals surface area contributed by atoms with Gasteiger partial charge in [-0.25, -0.2) is 9.97 Å². The molecule has 0 fully saturated rings. The van der Waals surface area contributed by atoms with Gasteiger partial charge < -0.3 is 0 Å². The summed E-state index contributed by atoms with van der Waals surface area (Å²) in [5, 5.41) is 1.05. The van der Waals surface area contributed by atoms with Crippen molar-refractivity contribution in [3.8, 4) is 65.8 Å². The lowest BCUT2D eigenvalue weighted by Crippen LogP contribution is -2.26. The lowest BCUT2D eigenvalue weighted by molar-refractivity contribution is 0.798. The second kappa shape index (κ2) is 11.3. The molecular formula is C49H30N2S. The van der Waals surface area contributed by atoms with Crippen molar-refractivity contribution in [2.45, 2.75) is 5.41 Å². The maximum absolute atomic E-state index is 5.40. The molecule has 0 amide bonds. The van der Waals surface area contributed by atoms with Gasteiger partial charge in [0.05, 0.1) is 16.6 Å². The van der Waals surface area contributed by atoms with E-state index in [2.05, 4.69) is 182 Å². The van der Waals surface area contributed by atoms with Crippen LogP contribution in [0.4, 0.5) is 0 Å². The molecule has 2 heterocycles. The number of para-hydroxylation sites is 1. The number of hydrogen-bond donors (Lipinski definition) is 0. The van der Waals surface area contributed by atoms with Crippen LogP contribution < -0.4 is 0 Å². The van der Waals surface area contributed by atoms with Crippen LogP contribution in [-0.2, 0) is 5.41 Å². The number of aromatic nitrogens is 2. The zero-order chi connectivity index (χ0) is 34.2. The van der Waals surface area contributed by atoms with Crippen molar-refractivity contribution < 1.29 is 0 Å². The number of hydrogen-bond acceptors (Lipinski definition) is 3. The van der Waals surface area contributed by atoms with E-state index in [-0.39, 0.29) is 0 Å². The van der Waals surface area contributed by atoms with Gasteiger partial charge in [0.1, 0.15) is 0 Å². The molecule has 0 N–H and O–H groups in total. The van der Waals surface area contributed by atoms with Crippen molar-refractivity contribution in [1.29, 1.82) is 0 Å². The van der Waals surface area contributed by atoms with Crippen LogP contribution in [0.5, 0.6) is 0 Å². The van der Waals surface area contributed by atoms with Crippen LogP contribution in [0.3, 0.4) is 0 Å². The number of rotatable bonds is 4. The van der Waals surface area contributed by atoms with Gasteiger partial charge in [0.2, 0.25) is 0 Å². The Kier molecular flexibility index (Phi) is 6.37. The average Bonchev–Trinajstić information content (AvgIpc) is 3.86. The third kappa shape index (κ3) is 4.00. The Morgan fingerprint density at radius 3 is 1.60 bits per heavy atom. The molecule has 11 rings (SSSR count). The fourth-order valence-corrected chi connectivity index (χ4v) is 10.3. The minimum absolute atomic E-state index is 0.526. The molecule has 0 aliphatic heterocycles. The molecule has 2 aliphatic carbocycles. The summed E-state index contributed by atoms with van der Waals surface area (Å²) in [6.45, 7) is 0. The Hall–Kier alpha value is -6.42. The van der Waals surface area contributed by atoms with Gasteiger partial charge in [0.15, 0.2) is 5.82 Å². The minimum Gasteiger partial charge on any atom is -0.228 e. The zero-order valence-electron chi connectivity index (χ0n) is 28.1. The normalized spacial score (nSPS) is 15.0. The first-order valence-electron chi connectivity index (χ1n) is 17.8. The second-order valence-corrected chi connectivity index (χ2v) is 14.6. The smallest absolute Gasteiger partial charge is 0.161 e. The van der Waals surface area contributed by atoms with E-state index in [1.165, 1.54) is 65.4 Å². The van der Waals surface area contributed by atoms with Gasteiger partial charge in [-0.15, -0.1) is 11.3 Å². The van der Waals surface area contributed by atoms with E-state index in [0.717, 1.165) is 33.5 Å². The van der Waals surface area contributed by atoms with Gasteiger partial charge in [0.25, 0.3) is 0 Å². The lowest BCUT2D eigenvalue weighted by atomic mass is 9.70. The number of thiophene rings is 1. The fraction of sp³-hybridized carbons (Fsp3) is 0.0204. The van der Waals surface area contributed by atoms with E-state index in [1.807, 2.05) is 11.3 Å². The highest BCUT2D eigenvalue weighted by molar-refractivity contribution is 7.19. The van der Waals surface area contributed by atoms with E-state index < -0.39 is 5.41 Å². The number of fused-ring (bicyclic) bond motifs is 11. The first-order chi connectivity index (χ1) is 25.8. The van der Waals surface area contributed by atoms with Gasteiger partial charge in [-0.2, -0.15) is 0 Å². The molecule has 1 spiro atoms. The summed E-state index contributed by atoms with van der Waals surface area (Å²) >= 11 is 1.92. The molecule has 0 saturated carbocycles. The third-order valence-corrected chi connectivity index (χ3v) is 12.2. The van der Waals surface area contributed by atoms with Gasteiger partial charge in [0, 0.05) is 31.8 Å². The van der Waals surface area contributed by atoms with Crippen LogP contribution in [0.1, 0.15) is 22.3 Å². The predicted molar refractivity (Wildman–Crippen MR) is 215 cm³/mol. The summed E-state index contributed by atoms with van der Waals surface area (Å²) in [7, 11) is 0. The zero-order valence-corrected chi connectivity index (χ0v) is 28.9. The maximum atomic E-state index is 5.40. The van der Waals surface area contributed by atoms with Crippen LogP contribution >= 0.6 is 11.3 Å². The molecule has 0 radical (unpaired) electrons. The molecule has 9 aromatic rings. The lowest BCUT2D eigenvalue weighted by Gasteiger charge is -2.31. The van der Waals surface area contributed by atoms with E-state index >= 15 is 0 Å². The van der Waals surface area contributed by atoms with Gasteiger partial charge in [-0.1, -0.05) is 176 Å². The van der Waals surface area contributed by atoms with Crippen LogP contribution in [-0.4, -0.2) is 9.97 Å². The molecule has 2 nitrogen and oxygen atoms in total. The Bertz CT molecular complexity index is 2840. The van der Waals surface area contributed by atoms with Crippen LogP contribution in [0, 0.1) is 0 Å². The molecule has 3 heteroatoms. The molecule has 1 atom stereocenters. The molecule has 0 saturated heterocycles. The van der Waals surface area contributed by atoms with E-state index in [4.69, 9.17) is 9.97 Å². The summed E-state index contributed by atoms with van der Waals surface area (Å²) in [5.74, 6) is 0.742. The summed E-state index contributed by atoms with van der Waals surface area (Å²) in [5.41, 5.74) is 16.4. The quantitative estimate of drug-likeness (QED) is 0.185. The Morgan fingerprint density at radius 2 is 0.904 bits per heavy atom.